The molecule has 5 nitrogen and oxygen atoms in total. The molecule has 0 unspecified atom stereocenters. The second-order valence-electron chi connectivity index (χ2n) is 3.97. The topological polar surface area (TPSA) is 76.3 Å². The molecule has 0 bridgehead atoms. The van der Waals surface area contributed by atoms with Crippen LogP contribution in [0.1, 0.15) is 11.1 Å². The predicted molar refractivity (Wildman–Crippen MR) is 72.1 cm³/mol. The number of benzene rings is 1. The van der Waals surface area contributed by atoms with Gasteiger partial charge in [0.2, 0.25) is 0 Å². The van der Waals surface area contributed by atoms with Crippen LogP contribution < -0.4 is 0 Å². The third-order valence-electron chi connectivity index (χ3n) is 2.58. The van der Waals surface area contributed by atoms with Crippen molar-refractivity contribution < 1.29 is 10.0 Å². The summed E-state index contributed by atoms with van der Waals surface area (Å²) < 4.78 is 0. The van der Waals surface area contributed by atoms with Gasteiger partial charge >= 0.3 is 0 Å². The molecule has 0 spiro atoms. The maximum absolute atomic E-state index is 10.7. The van der Waals surface area contributed by atoms with Gasteiger partial charge < -0.3 is 5.11 Å². The van der Waals surface area contributed by atoms with Crippen molar-refractivity contribution in [3.63, 3.8) is 0 Å². The molecule has 19 heavy (non-hydrogen) atoms. The standard InChI is InChI=1S/C13H12N2O3S/c1-9-6-13(14-7-12(9)15(17)18)19-11-4-2-10(8-16)3-5-11/h2-7,16H,8H2,1H3. The maximum atomic E-state index is 10.7. The summed E-state index contributed by atoms with van der Waals surface area (Å²) in [6, 6.07) is 9.13. The molecule has 0 amide bonds. The van der Waals surface area contributed by atoms with E-state index in [2.05, 4.69) is 4.98 Å². The van der Waals surface area contributed by atoms with E-state index < -0.39 is 4.92 Å². The first-order valence-corrected chi connectivity index (χ1v) is 6.40. The summed E-state index contributed by atoms with van der Waals surface area (Å²) in [6.07, 6.45) is 1.28. The highest BCUT2D eigenvalue weighted by atomic mass is 32.2. The first-order valence-electron chi connectivity index (χ1n) is 5.59. The molecule has 0 aliphatic rings. The van der Waals surface area contributed by atoms with E-state index >= 15 is 0 Å². The largest absolute Gasteiger partial charge is 0.392 e. The van der Waals surface area contributed by atoms with E-state index in [9.17, 15) is 10.1 Å². The molecular weight excluding hydrogens is 264 g/mol. The molecule has 0 fully saturated rings. The van der Waals surface area contributed by atoms with Crippen LogP contribution >= 0.6 is 11.8 Å². The van der Waals surface area contributed by atoms with Crippen molar-refractivity contribution in [1.29, 1.82) is 0 Å². The van der Waals surface area contributed by atoms with Crippen molar-refractivity contribution in [3.05, 3.63) is 57.8 Å². The monoisotopic (exact) mass is 276 g/mol. The van der Waals surface area contributed by atoms with E-state index in [0.717, 1.165) is 10.5 Å². The number of aromatic nitrogens is 1. The Morgan fingerprint density at radius 1 is 1.37 bits per heavy atom. The number of pyridine rings is 1. The van der Waals surface area contributed by atoms with Gasteiger partial charge in [-0.1, -0.05) is 23.9 Å². The van der Waals surface area contributed by atoms with Gasteiger partial charge in [0.25, 0.3) is 5.69 Å². The molecule has 0 aliphatic heterocycles. The van der Waals surface area contributed by atoms with Gasteiger partial charge in [-0.3, -0.25) is 10.1 Å². The minimum absolute atomic E-state index is 0.0137. The van der Waals surface area contributed by atoms with Crippen LogP contribution in [0.4, 0.5) is 5.69 Å². The van der Waals surface area contributed by atoms with Crippen molar-refractivity contribution in [3.8, 4) is 0 Å². The highest BCUT2D eigenvalue weighted by Gasteiger charge is 2.11. The van der Waals surface area contributed by atoms with Gasteiger partial charge in [-0.15, -0.1) is 0 Å². The van der Waals surface area contributed by atoms with Crippen LogP contribution in [0.25, 0.3) is 0 Å². The molecule has 0 atom stereocenters. The van der Waals surface area contributed by atoms with E-state index in [4.69, 9.17) is 5.11 Å². The summed E-state index contributed by atoms with van der Waals surface area (Å²) >= 11 is 1.43. The molecule has 0 aliphatic carbocycles. The second kappa shape index (κ2) is 5.81. The lowest BCUT2D eigenvalue weighted by Gasteiger charge is -2.03. The predicted octanol–water partition coefficient (Wildman–Crippen LogP) is 2.94. The number of hydrogen-bond acceptors (Lipinski definition) is 5. The Labute approximate surface area is 114 Å². The molecule has 0 radical (unpaired) electrons. The van der Waals surface area contributed by atoms with Crippen molar-refractivity contribution in [1.82, 2.24) is 4.98 Å². The average molecular weight is 276 g/mol. The van der Waals surface area contributed by atoms with Crippen LogP contribution in [0.3, 0.4) is 0 Å². The minimum atomic E-state index is -0.438. The van der Waals surface area contributed by atoms with Crippen LogP contribution in [-0.4, -0.2) is 15.0 Å². The second-order valence-corrected chi connectivity index (χ2v) is 5.06. The Bertz CT molecular complexity index is 599. The normalized spacial score (nSPS) is 10.4. The summed E-state index contributed by atoms with van der Waals surface area (Å²) in [6.45, 7) is 1.71. The zero-order valence-electron chi connectivity index (χ0n) is 10.2. The van der Waals surface area contributed by atoms with Crippen molar-refractivity contribution in [2.45, 2.75) is 23.5 Å². The van der Waals surface area contributed by atoms with Gasteiger partial charge in [0.1, 0.15) is 11.2 Å². The van der Waals surface area contributed by atoms with E-state index in [1.165, 1.54) is 18.0 Å². The van der Waals surface area contributed by atoms with Crippen LogP contribution in [0.5, 0.6) is 0 Å². The van der Waals surface area contributed by atoms with Crippen LogP contribution in [-0.2, 0) is 6.61 Å². The summed E-state index contributed by atoms with van der Waals surface area (Å²) in [5.41, 5.74) is 1.46. The summed E-state index contributed by atoms with van der Waals surface area (Å²) in [5.74, 6) is 0. The van der Waals surface area contributed by atoms with Crippen molar-refractivity contribution in [2.24, 2.45) is 0 Å². The van der Waals surface area contributed by atoms with E-state index in [1.54, 1.807) is 13.0 Å². The molecule has 6 heteroatoms. The molecule has 2 rings (SSSR count). The molecular formula is C13H12N2O3S. The quantitative estimate of drug-likeness (QED) is 0.686. The summed E-state index contributed by atoms with van der Waals surface area (Å²) in [5, 5.41) is 20.4. The molecule has 0 saturated heterocycles. The van der Waals surface area contributed by atoms with Gasteiger partial charge in [-0.05, 0) is 30.7 Å². The minimum Gasteiger partial charge on any atom is -0.392 e. The molecule has 0 saturated carbocycles. The Morgan fingerprint density at radius 2 is 2.05 bits per heavy atom. The number of nitrogens with zero attached hydrogens (tertiary/aromatic N) is 2. The highest BCUT2D eigenvalue weighted by Crippen LogP contribution is 2.29. The number of nitro groups is 1. The summed E-state index contributed by atoms with van der Waals surface area (Å²) in [7, 11) is 0. The van der Waals surface area contributed by atoms with Crippen molar-refractivity contribution >= 4 is 17.4 Å². The van der Waals surface area contributed by atoms with Crippen LogP contribution in [0.15, 0.2) is 46.5 Å². The van der Waals surface area contributed by atoms with Crippen LogP contribution in [0.2, 0.25) is 0 Å². The molecule has 1 heterocycles. The van der Waals surface area contributed by atoms with E-state index in [-0.39, 0.29) is 12.3 Å². The van der Waals surface area contributed by atoms with Gasteiger partial charge in [0, 0.05) is 10.5 Å². The van der Waals surface area contributed by atoms with Gasteiger partial charge in [0.15, 0.2) is 0 Å². The first-order chi connectivity index (χ1) is 9.10. The van der Waals surface area contributed by atoms with E-state index in [0.29, 0.717) is 10.6 Å². The fourth-order valence-electron chi connectivity index (χ4n) is 1.55. The fraction of sp³-hybridized carbons (Fsp3) is 0.154. The highest BCUT2D eigenvalue weighted by molar-refractivity contribution is 7.99. The van der Waals surface area contributed by atoms with Crippen molar-refractivity contribution in [2.75, 3.05) is 0 Å². The fourth-order valence-corrected chi connectivity index (χ4v) is 2.41. The number of rotatable bonds is 4. The molecule has 1 aromatic carbocycles. The molecule has 2 aromatic rings. The smallest absolute Gasteiger partial charge is 0.290 e. The van der Waals surface area contributed by atoms with E-state index in [1.807, 2.05) is 24.3 Å². The number of aliphatic hydroxyl groups is 1. The lowest BCUT2D eigenvalue weighted by Crippen LogP contribution is -1.93. The zero-order chi connectivity index (χ0) is 13.8. The Morgan fingerprint density at radius 3 is 2.58 bits per heavy atom. The number of hydrogen-bond donors (Lipinski definition) is 1. The van der Waals surface area contributed by atoms with Crippen LogP contribution in [0, 0.1) is 17.0 Å². The summed E-state index contributed by atoms with van der Waals surface area (Å²) in [4.78, 5) is 15.3. The third kappa shape index (κ3) is 3.30. The number of aliphatic hydroxyl groups excluding tert-OH is 1. The molecule has 1 aromatic heterocycles. The average Bonchev–Trinajstić information content (AvgIpc) is 2.39. The maximum Gasteiger partial charge on any atom is 0.290 e. The molecule has 1 N–H and O–H groups in total. The third-order valence-corrected chi connectivity index (χ3v) is 3.52. The van der Waals surface area contributed by atoms with Gasteiger partial charge in [-0.2, -0.15) is 0 Å². The first kappa shape index (κ1) is 13.5. The Balaban J connectivity index is 2.18. The number of aryl methyl sites for hydroxylation is 1. The molecule has 98 valence electrons. The lowest BCUT2D eigenvalue weighted by molar-refractivity contribution is -0.385. The van der Waals surface area contributed by atoms with Gasteiger partial charge in [-0.25, -0.2) is 4.98 Å². The SMILES string of the molecule is Cc1cc(Sc2ccc(CO)cc2)ncc1[N+](=O)[O-]. The lowest BCUT2D eigenvalue weighted by atomic mass is 10.2. The zero-order valence-corrected chi connectivity index (χ0v) is 11.1. The van der Waals surface area contributed by atoms with Gasteiger partial charge in [0.05, 0.1) is 11.5 Å². The Kier molecular flexibility index (Phi) is 4.13. The Hall–Kier alpha value is -1.92.